The highest BCUT2D eigenvalue weighted by Gasteiger charge is 2.32. The second kappa shape index (κ2) is 4.72. The van der Waals surface area contributed by atoms with Crippen molar-refractivity contribution in [1.82, 2.24) is 0 Å². The Hall–Kier alpha value is -0.600. The molecule has 1 rings (SSSR count). The largest absolute Gasteiger partial charge is 0.867 e. The predicted octanol–water partition coefficient (Wildman–Crippen LogP) is 0.702. The molecule has 1 heterocycles. The van der Waals surface area contributed by atoms with Gasteiger partial charge in [-0.25, -0.2) is 13.2 Å². The van der Waals surface area contributed by atoms with E-state index >= 15 is 0 Å². The van der Waals surface area contributed by atoms with Gasteiger partial charge in [-0.3, -0.25) is 0 Å². The lowest BCUT2D eigenvalue weighted by Gasteiger charge is -2.11. The van der Waals surface area contributed by atoms with Gasteiger partial charge in [-0.1, -0.05) is 28.6 Å². The first kappa shape index (κ1) is 13.5. The fourth-order valence-corrected chi connectivity index (χ4v) is 4.50. The van der Waals surface area contributed by atoms with Gasteiger partial charge in [0, 0.05) is 0 Å². The third kappa shape index (κ3) is 2.55. The fourth-order valence-electron chi connectivity index (χ4n) is 0.902. The summed E-state index contributed by atoms with van der Waals surface area (Å²) < 4.78 is 23.6. The average molecular weight is 281 g/mol. The summed E-state index contributed by atoms with van der Waals surface area (Å²) in [5.41, 5.74) is 0. The van der Waals surface area contributed by atoms with E-state index in [1.165, 1.54) is 19.3 Å². The SMILES string of the molecule is CC(C)S(=O)(=O)C(C(=O)O)=C1SC=C([O-])S1. The number of aliphatic carboxylic acids is 1. The maximum absolute atomic E-state index is 11.8. The first-order valence-corrected chi connectivity index (χ1v) is 7.44. The lowest BCUT2D eigenvalue weighted by atomic mass is 10.6. The maximum Gasteiger partial charge on any atom is 0.349 e. The minimum atomic E-state index is -3.88. The molecule has 0 aromatic rings. The van der Waals surface area contributed by atoms with Crippen LogP contribution in [-0.4, -0.2) is 24.7 Å². The first-order valence-electron chi connectivity index (χ1n) is 4.20. The summed E-state index contributed by atoms with van der Waals surface area (Å²) in [5.74, 6) is -1.52. The zero-order chi connectivity index (χ0) is 12.5. The molecule has 0 radical (unpaired) electrons. The van der Waals surface area contributed by atoms with Gasteiger partial charge in [0.05, 0.1) is 9.49 Å². The number of rotatable bonds is 3. The van der Waals surface area contributed by atoms with Crippen LogP contribution in [0.3, 0.4) is 0 Å². The second-order valence-corrected chi connectivity index (χ2v) is 7.77. The standard InChI is InChI=1S/C8H10O5S3/c1-4(2)16(12,13)6(7(10)11)8-14-3-5(9)15-8/h3-4,9H,1-2H3,(H,10,11)/p-1. The van der Waals surface area contributed by atoms with Gasteiger partial charge < -0.3 is 10.2 Å². The Morgan fingerprint density at radius 1 is 1.50 bits per heavy atom. The lowest BCUT2D eigenvalue weighted by molar-refractivity contribution is -0.283. The molecule has 0 atom stereocenters. The van der Waals surface area contributed by atoms with Crippen LogP contribution < -0.4 is 5.11 Å². The molecule has 0 bridgehead atoms. The quantitative estimate of drug-likeness (QED) is 0.761. The number of hydrogen-bond donors (Lipinski definition) is 1. The highest BCUT2D eigenvalue weighted by molar-refractivity contribution is 8.28. The van der Waals surface area contributed by atoms with Gasteiger partial charge in [0.25, 0.3) is 0 Å². The molecule has 90 valence electrons. The first-order chi connectivity index (χ1) is 7.26. The Bertz CT molecular complexity index is 472. The van der Waals surface area contributed by atoms with Crippen LogP contribution in [0.5, 0.6) is 0 Å². The van der Waals surface area contributed by atoms with E-state index < -0.39 is 26.0 Å². The molecule has 0 aromatic heterocycles. The summed E-state index contributed by atoms with van der Waals surface area (Å²) in [4.78, 5) is 10.3. The van der Waals surface area contributed by atoms with E-state index in [9.17, 15) is 18.3 Å². The lowest BCUT2D eigenvalue weighted by Crippen LogP contribution is -2.22. The highest BCUT2D eigenvalue weighted by Crippen LogP contribution is 2.44. The van der Waals surface area contributed by atoms with Crippen LogP contribution in [0.4, 0.5) is 0 Å². The van der Waals surface area contributed by atoms with Gasteiger partial charge in [0.2, 0.25) is 0 Å². The van der Waals surface area contributed by atoms with Crippen LogP contribution in [0, 0.1) is 0 Å². The molecule has 1 N–H and O–H groups in total. The van der Waals surface area contributed by atoms with Crippen molar-refractivity contribution in [3.8, 4) is 0 Å². The molecular formula is C8H9O5S3-. The van der Waals surface area contributed by atoms with Gasteiger partial charge in [-0.2, -0.15) is 0 Å². The fraction of sp³-hybridized carbons (Fsp3) is 0.375. The molecule has 1 aliphatic rings. The number of sulfone groups is 1. The van der Waals surface area contributed by atoms with Gasteiger partial charge in [0.1, 0.15) is 0 Å². The molecule has 16 heavy (non-hydrogen) atoms. The van der Waals surface area contributed by atoms with Crippen molar-refractivity contribution in [2.24, 2.45) is 0 Å². The summed E-state index contributed by atoms with van der Waals surface area (Å²) in [6.07, 6.45) is 0. The van der Waals surface area contributed by atoms with Crippen molar-refractivity contribution in [3.05, 3.63) is 19.6 Å². The van der Waals surface area contributed by atoms with Crippen molar-refractivity contribution in [2.75, 3.05) is 0 Å². The summed E-state index contributed by atoms with van der Waals surface area (Å²) in [6, 6.07) is 0. The molecular weight excluding hydrogens is 272 g/mol. The molecule has 0 aliphatic carbocycles. The number of hydrogen-bond acceptors (Lipinski definition) is 6. The van der Waals surface area contributed by atoms with Crippen molar-refractivity contribution in [1.29, 1.82) is 0 Å². The van der Waals surface area contributed by atoms with Crippen LogP contribution in [0.15, 0.2) is 19.6 Å². The summed E-state index contributed by atoms with van der Waals surface area (Å²) in [6.45, 7) is 2.79. The van der Waals surface area contributed by atoms with Gasteiger partial charge in [-0.15, -0.1) is 0 Å². The number of carboxylic acid groups (broad SMARTS) is 1. The average Bonchev–Trinajstić information content (AvgIpc) is 2.50. The van der Waals surface area contributed by atoms with E-state index in [1.54, 1.807) is 0 Å². The Labute approximate surface area is 102 Å². The molecule has 0 unspecified atom stereocenters. The molecule has 0 amide bonds. The molecule has 0 fully saturated rings. The topological polar surface area (TPSA) is 94.5 Å². The van der Waals surface area contributed by atoms with Crippen molar-refractivity contribution < 1.29 is 23.4 Å². The molecule has 0 aromatic carbocycles. The zero-order valence-electron chi connectivity index (χ0n) is 8.46. The molecule has 0 spiro atoms. The Morgan fingerprint density at radius 2 is 2.06 bits per heavy atom. The second-order valence-electron chi connectivity index (χ2n) is 3.17. The number of carboxylic acids is 1. The maximum atomic E-state index is 11.8. The Morgan fingerprint density at radius 3 is 2.38 bits per heavy atom. The molecule has 0 saturated heterocycles. The highest BCUT2D eigenvalue weighted by atomic mass is 32.2. The van der Waals surface area contributed by atoms with Gasteiger partial charge in [-0.05, 0) is 19.3 Å². The summed E-state index contributed by atoms with van der Waals surface area (Å²) in [5, 5.41) is 19.9. The van der Waals surface area contributed by atoms with Crippen LogP contribution in [-0.2, 0) is 14.6 Å². The molecule has 1 aliphatic heterocycles. The third-order valence-corrected chi connectivity index (χ3v) is 6.33. The minimum Gasteiger partial charge on any atom is -0.867 e. The van der Waals surface area contributed by atoms with Gasteiger partial charge in [0.15, 0.2) is 14.7 Å². The number of carbonyl (C=O) groups is 1. The van der Waals surface area contributed by atoms with E-state index in [-0.39, 0.29) is 9.33 Å². The molecule has 0 saturated carbocycles. The predicted molar refractivity (Wildman–Crippen MR) is 62.0 cm³/mol. The van der Waals surface area contributed by atoms with E-state index in [1.807, 2.05) is 0 Å². The van der Waals surface area contributed by atoms with Crippen LogP contribution in [0.25, 0.3) is 0 Å². The molecule has 8 heteroatoms. The smallest absolute Gasteiger partial charge is 0.349 e. The summed E-state index contributed by atoms with van der Waals surface area (Å²) in [7, 11) is -3.88. The zero-order valence-corrected chi connectivity index (χ0v) is 10.9. The van der Waals surface area contributed by atoms with Crippen molar-refractivity contribution in [2.45, 2.75) is 19.1 Å². The van der Waals surface area contributed by atoms with E-state index in [0.29, 0.717) is 11.8 Å². The van der Waals surface area contributed by atoms with Crippen molar-refractivity contribution in [3.63, 3.8) is 0 Å². The molecule has 5 nitrogen and oxygen atoms in total. The van der Waals surface area contributed by atoms with E-state index in [4.69, 9.17) is 5.11 Å². The van der Waals surface area contributed by atoms with Crippen molar-refractivity contribution >= 4 is 39.3 Å². The monoisotopic (exact) mass is 281 g/mol. The third-order valence-electron chi connectivity index (χ3n) is 1.74. The van der Waals surface area contributed by atoms with Crippen LogP contribution >= 0.6 is 23.5 Å². The van der Waals surface area contributed by atoms with Crippen LogP contribution in [0.2, 0.25) is 0 Å². The normalized spacial score (nSPS) is 19.8. The van der Waals surface area contributed by atoms with Crippen LogP contribution in [0.1, 0.15) is 13.8 Å². The number of thioether (sulfide) groups is 2. The minimum absolute atomic E-state index is 0.0196. The summed E-state index contributed by atoms with van der Waals surface area (Å²) >= 11 is 1.47. The van der Waals surface area contributed by atoms with E-state index in [0.717, 1.165) is 11.8 Å². The Kier molecular flexibility index (Phi) is 3.97. The van der Waals surface area contributed by atoms with E-state index in [2.05, 4.69) is 0 Å². The Balaban J connectivity index is 3.28. The van der Waals surface area contributed by atoms with Gasteiger partial charge >= 0.3 is 5.97 Å².